The van der Waals surface area contributed by atoms with E-state index < -0.39 is 0 Å². The van der Waals surface area contributed by atoms with Crippen molar-refractivity contribution in [3.63, 3.8) is 0 Å². The molecular formula is C21H23N3O4. The molecule has 2 aromatic carbocycles. The number of benzene rings is 2. The summed E-state index contributed by atoms with van der Waals surface area (Å²) in [6, 6.07) is 17.4. The van der Waals surface area contributed by atoms with Crippen molar-refractivity contribution in [2.24, 2.45) is 0 Å². The van der Waals surface area contributed by atoms with Crippen LogP contribution in [0.4, 0.5) is 15.3 Å². The standard InChI is InChI=1S/C21H23N3O4/c25-20(23-9-11-27-19(15-23)17-6-2-1-3-7-17)22-14-16-5-4-8-18(13-16)24-10-12-28-21(24)26/h1-8,13,19H,9-12,14-15H2,(H,22,25)/t19-/m1/s1. The largest absolute Gasteiger partial charge is 0.447 e. The summed E-state index contributed by atoms with van der Waals surface area (Å²) in [5.74, 6) is 0. The third-order valence-electron chi connectivity index (χ3n) is 4.95. The molecule has 3 amide bonds. The maximum absolute atomic E-state index is 12.6. The van der Waals surface area contributed by atoms with Crippen molar-refractivity contribution < 1.29 is 19.1 Å². The van der Waals surface area contributed by atoms with Crippen molar-refractivity contribution in [1.29, 1.82) is 0 Å². The van der Waals surface area contributed by atoms with Crippen LogP contribution in [-0.2, 0) is 16.0 Å². The average Bonchev–Trinajstić information content (AvgIpc) is 3.19. The molecule has 2 heterocycles. The first kappa shape index (κ1) is 18.3. The third-order valence-corrected chi connectivity index (χ3v) is 4.95. The number of ether oxygens (including phenoxy) is 2. The van der Waals surface area contributed by atoms with Crippen molar-refractivity contribution in [2.45, 2.75) is 12.6 Å². The number of hydrogen-bond acceptors (Lipinski definition) is 4. The van der Waals surface area contributed by atoms with Crippen LogP contribution in [-0.4, -0.2) is 49.9 Å². The Morgan fingerprint density at radius 1 is 1.07 bits per heavy atom. The molecule has 2 aromatic rings. The molecule has 2 saturated heterocycles. The first-order valence-corrected chi connectivity index (χ1v) is 9.43. The quantitative estimate of drug-likeness (QED) is 0.884. The van der Waals surface area contributed by atoms with Gasteiger partial charge in [0.25, 0.3) is 0 Å². The van der Waals surface area contributed by atoms with Gasteiger partial charge in [-0.05, 0) is 23.3 Å². The van der Waals surface area contributed by atoms with E-state index in [2.05, 4.69) is 5.32 Å². The number of nitrogens with one attached hydrogen (secondary N) is 1. The highest BCUT2D eigenvalue weighted by Gasteiger charge is 2.26. The van der Waals surface area contributed by atoms with E-state index >= 15 is 0 Å². The molecule has 2 aliphatic heterocycles. The number of rotatable bonds is 4. The SMILES string of the molecule is O=C(NCc1cccc(N2CCOC2=O)c1)N1CCO[C@@H](c2ccccc2)C1. The van der Waals surface area contributed by atoms with Gasteiger partial charge in [0.1, 0.15) is 12.7 Å². The Kier molecular flexibility index (Phi) is 5.43. The van der Waals surface area contributed by atoms with Crippen LogP contribution in [0, 0.1) is 0 Å². The van der Waals surface area contributed by atoms with Gasteiger partial charge in [0.15, 0.2) is 0 Å². The minimum absolute atomic E-state index is 0.106. The van der Waals surface area contributed by atoms with E-state index in [1.165, 1.54) is 0 Å². The van der Waals surface area contributed by atoms with Crippen LogP contribution in [0.2, 0.25) is 0 Å². The molecule has 0 spiro atoms. The fourth-order valence-corrected chi connectivity index (χ4v) is 3.45. The van der Waals surface area contributed by atoms with Crippen LogP contribution in [0.5, 0.6) is 0 Å². The Bertz CT molecular complexity index is 843. The number of morpholine rings is 1. The maximum atomic E-state index is 12.6. The summed E-state index contributed by atoms with van der Waals surface area (Å²) in [5.41, 5.74) is 2.79. The Morgan fingerprint density at radius 3 is 2.71 bits per heavy atom. The highest BCUT2D eigenvalue weighted by Crippen LogP contribution is 2.22. The van der Waals surface area contributed by atoms with Crippen molar-refractivity contribution >= 4 is 17.8 Å². The Hall–Kier alpha value is -3.06. The Morgan fingerprint density at radius 2 is 1.93 bits per heavy atom. The predicted octanol–water partition coefficient (Wildman–Crippen LogP) is 2.93. The minimum atomic E-state index is -0.332. The third kappa shape index (κ3) is 4.09. The van der Waals surface area contributed by atoms with E-state index in [1.54, 1.807) is 9.80 Å². The highest BCUT2D eigenvalue weighted by molar-refractivity contribution is 5.89. The van der Waals surface area contributed by atoms with Gasteiger partial charge in [-0.25, -0.2) is 9.59 Å². The van der Waals surface area contributed by atoms with Crippen LogP contribution in [0.1, 0.15) is 17.2 Å². The van der Waals surface area contributed by atoms with E-state index in [0.29, 0.717) is 39.4 Å². The van der Waals surface area contributed by atoms with E-state index in [0.717, 1.165) is 16.8 Å². The lowest BCUT2D eigenvalue weighted by atomic mass is 10.1. The lowest BCUT2D eigenvalue weighted by molar-refractivity contribution is -0.0154. The van der Waals surface area contributed by atoms with Crippen LogP contribution in [0.15, 0.2) is 54.6 Å². The van der Waals surface area contributed by atoms with Crippen LogP contribution < -0.4 is 10.2 Å². The van der Waals surface area contributed by atoms with Crippen LogP contribution in [0.3, 0.4) is 0 Å². The molecule has 1 atom stereocenters. The predicted molar refractivity (Wildman–Crippen MR) is 104 cm³/mol. The summed E-state index contributed by atoms with van der Waals surface area (Å²) >= 11 is 0. The van der Waals surface area contributed by atoms with Gasteiger partial charge < -0.3 is 19.7 Å². The lowest BCUT2D eigenvalue weighted by Gasteiger charge is -2.33. The van der Waals surface area contributed by atoms with Gasteiger partial charge in [-0.2, -0.15) is 0 Å². The molecule has 0 unspecified atom stereocenters. The lowest BCUT2D eigenvalue weighted by Crippen LogP contribution is -2.46. The summed E-state index contributed by atoms with van der Waals surface area (Å²) in [4.78, 5) is 27.7. The second-order valence-electron chi connectivity index (χ2n) is 6.81. The molecule has 0 bridgehead atoms. The number of hydrogen-bond donors (Lipinski definition) is 1. The summed E-state index contributed by atoms with van der Waals surface area (Å²) in [6.45, 7) is 2.94. The molecule has 4 rings (SSSR count). The number of urea groups is 1. The summed E-state index contributed by atoms with van der Waals surface area (Å²) in [7, 11) is 0. The molecule has 0 aromatic heterocycles. The second kappa shape index (κ2) is 8.31. The molecule has 2 aliphatic rings. The van der Waals surface area contributed by atoms with E-state index in [1.807, 2.05) is 54.6 Å². The molecule has 1 N–H and O–H groups in total. The van der Waals surface area contributed by atoms with Gasteiger partial charge in [0.2, 0.25) is 0 Å². The molecule has 7 heteroatoms. The molecule has 0 saturated carbocycles. The van der Waals surface area contributed by atoms with Gasteiger partial charge in [-0.15, -0.1) is 0 Å². The smallest absolute Gasteiger partial charge is 0.414 e. The molecule has 0 radical (unpaired) electrons. The monoisotopic (exact) mass is 381 g/mol. The highest BCUT2D eigenvalue weighted by atomic mass is 16.6. The Labute approximate surface area is 163 Å². The number of nitrogens with zero attached hydrogens (tertiary/aromatic N) is 2. The topological polar surface area (TPSA) is 71.1 Å². The van der Waals surface area contributed by atoms with Crippen LogP contribution >= 0.6 is 0 Å². The number of carbonyl (C=O) groups excluding carboxylic acids is 2. The molecule has 146 valence electrons. The molecule has 28 heavy (non-hydrogen) atoms. The zero-order chi connectivity index (χ0) is 19.3. The summed E-state index contributed by atoms with van der Waals surface area (Å²) in [5, 5.41) is 2.97. The number of carbonyl (C=O) groups is 2. The molecule has 7 nitrogen and oxygen atoms in total. The normalized spacial score (nSPS) is 19.4. The van der Waals surface area contributed by atoms with E-state index in [9.17, 15) is 9.59 Å². The Balaban J connectivity index is 1.35. The fraction of sp³-hybridized carbons (Fsp3) is 0.333. The second-order valence-corrected chi connectivity index (χ2v) is 6.81. The van der Waals surface area contributed by atoms with Crippen molar-refractivity contribution in [1.82, 2.24) is 10.2 Å². The first-order chi connectivity index (χ1) is 13.7. The zero-order valence-corrected chi connectivity index (χ0v) is 15.5. The molecular weight excluding hydrogens is 358 g/mol. The zero-order valence-electron chi connectivity index (χ0n) is 15.5. The number of cyclic esters (lactones) is 1. The van der Waals surface area contributed by atoms with Crippen molar-refractivity contribution in [3.05, 3.63) is 65.7 Å². The van der Waals surface area contributed by atoms with Gasteiger partial charge in [-0.3, -0.25) is 4.90 Å². The van der Waals surface area contributed by atoms with Gasteiger partial charge >= 0.3 is 12.1 Å². The van der Waals surface area contributed by atoms with Crippen molar-refractivity contribution in [2.75, 3.05) is 37.7 Å². The van der Waals surface area contributed by atoms with Gasteiger partial charge in [-0.1, -0.05) is 42.5 Å². The average molecular weight is 381 g/mol. The maximum Gasteiger partial charge on any atom is 0.414 e. The fourth-order valence-electron chi connectivity index (χ4n) is 3.45. The summed E-state index contributed by atoms with van der Waals surface area (Å²) in [6.07, 6.45) is -0.438. The number of amides is 3. The van der Waals surface area contributed by atoms with E-state index in [-0.39, 0.29) is 18.2 Å². The van der Waals surface area contributed by atoms with Crippen LogP contribution in [0.25, 0.3) is 0 Å². The molecule has 0 aliphatic carbocycles. The molecule has 2 fully saturated rings. The van der Waals surface area contributed by atoms with E-state index in [4.69, 9.17) is 9.47 Å². The number of anilines is 1. The van der Waals surface area contributed by atoms with Gasteiger partial charge in [0, 0.05) is 18.8 Å². The minimum Gasteiger partial charge on any atom is -0.447 e. The summed E-state index contributed by atoms with van der Waals surface area (Å²) < 4.78 is 10.8. The van der Waals surface area contributed by atoms with Crippen molar-refractivity contribution in [3.8, 4) is 0 Å². The van der Waals surface area contributed by atoms with Gasteiger partial charge in [0.05, 0.1) is 19.7 Å². The first-order valence-electron chi connectivity index (χ1n) is 9.43.